The van der Waals surface area contributed by atoms with Crippen molar-refractivity contribution in [3.8, 4) is 6.07 Å². The third-order valence-corrected chi connectivity index (χ3v) is 9.15. The number of hydrogen-bond acceptors (Lipinski definition) is 1. The Morgan fingerprint density at radius 3 is 1.97 bits per heavy atom. The fraction of sp³-hybridized carbons (Fsp3) is 0.676. The molecule has 35 heavy (non-hydrogen) atoms. The number of unbranched alkanes of at least 4 members (excludes halogenated alkanes) is 9. The van der Waals surface area contributed by atoms with Crippen LogP contribution >= 0.6 is 0 Å². The van der Waals surface area contributed by atoms with Crippen molar-refractivity contribution < 1.29 is 0 Å². The summed E-state index contributed by atoms with van der Waals surface area (Å²) in [7, 11) is 0. The minimum atomic E-state index is -0.0481. The standard InChI is InChI=1S/C34H51N/c1-3-5-7-9-11-16-24-34(27-19-31(20-28-34)30-17-13-12-14-18-30)32-21-25-33(29-35,26-22-32)23-15-10-8-6-4-2/h12-14,17-20,27,32H,3-11,15-16,21-26,28H2,1-2H3. The van der Waals surface area contributed by atoms with Crippen molar-refractivity contribution in [2.24, 2.45) is 16.7 Å². The molecule has 1 unspecified atom stereocenters. The second-order valence-electron chi connectivity index (χ2n) is 11.6. The van der Waals surface area contributed by atoms with Gasteiger partial charge in [0.1, 0.15) is 0 Å². The first-order valence-corrected chi connectivity index (χ1v) is 15.0. The van der Waals surface area contributed by atoms with E-state index in [0.717, 1.165) is 25.2 Å². The van der Waals surface area contributed by atoms with E-state index in [4.69, 9.17) is 0 Å². The lowest BCUT2D eigenvalue weighted by Gasteiger charge is -2.46. The van der Waals surface area contributed by atoms with Crippen LogP contribution in [0.3, 0.4) is 0 Å². The van der Waals surface area contributed by atoms with Crippen molar-refractivity contribution >= 4 is 5.57 Å². The molecule has 2 aliphatic rings. The summed E-state index contributed by atoms with van der Waals surface area (Å²) >= 11 is 0. The van der Waals surface area contributed by atoms with Crippen molar-refractivity contribution in [2.45, 2.75) is 129 Å². The number of nitrogens with zero attached hydrogens (tertiary/aromatic N) is 1. The molecule has 0 saturated heterocycles. The first kappa shape index (κ1) is 27.8. The number of nitriles is 1. The zero-order valence-electron chi connectivity index (χ0n) is 22.9. The molecule has 0 heterocycles. The normalized spacial score (nSPS) is 26.3. The quantitative estimate of drug-likeness (QED) is 0.232. The van der Waals surface area contributed by atoms with E-state index in [9.17, 15) is 5.26 Å². The number of rotatable bonds is 15. The summed E-state index contributed by atoms with van der Waals surface area (Å²) in [6.45, 7) is 4.57. The Morgan fingerprint density at radius 2 is 1.40 bits per heavy atom. The van der Waals surface area contributed by atoms with Crippen LogP contribution in [0.25, 0.3) is 5.57 Å². The molecule has 3 rings (SSSR count). The maximum atomic E-state index is 10.1. The summed E-state index contributed by atoms with van der Waals surface area (Å²) in [5.74, 6) is 0.726. The molecule has 1 aromatic carbocycles. The van der Waals surface area contributed by atoms with Gasteiger partial charge in [0.25, 0.3) is 0 Å². The molecule has 192 valence electrons. The molecule has 1 heteroatoms. The molecule has 0 bridgehead atoms. The highest BCUT2D eigenvalue weighted by atomic mass is 14.5. The topological polar surface area (TPSA) is 23.8 Å². The molecule has 0 amide bonds. The SMILES string of the molecule is CCCCCCCCC1(C2CCC(C#N)(CCCCCCC)CC2)C=CC(c2ccccc2)=CC1. The Hall–Kier alpha value is -1.81. The van der Waals surface area contributed by atoms with E-state index in [-0.39, 0.29) is 5.41 Å². The molecule has 2 aliphatic carbocycles. The Kier molecular flexibility index (Phi) is 11.6. The van der Waals surface area contributed by atoms with Crippen LogP contribution in [-0.2, 0) is 0 Å². The van der Waals surface area contributed by atoms with Gasteiger partial charge in [-0.15, -0.1) is 0 Å². The van der Waals surface area contributed by atoms with E-state index in [1.54, 1.807) is 0 Å². The van der Waals surface area contributed by atoms with Crippen LogP contribution in [0, 0.1) is 28.1 Å². The number of allylic oxidation sites excluding steroid dienone is 4. The van der Waals surface area contributed by atoms with Crippen molar-refractivity contribution in [1.82, 2.24) is 0 Å². The largest absolute Gasteiger partial charge is 0.198 e. The van der Waals surface area contributed by atoms with Gasteiger partial charge in [0, 0.05) is 0 Å². The summed E-state index contributed by atoms with van der Waals surface area (Å²) in [5.41, 5.74) is 2.98. The van der Waals surface area contributed by atoms with E-state index in [0.29, 0.717) is 5.41 Å². The van der Waals surface area contributed by atoms with Crippen LogP contribution in [-0.4, -0.2) is 0 Å². The zero-order chi connectivity index (χ0) is 24.8. The van der Waals surface area contributed by atoms with E-state index in [1.807, 2.05) is 0 Å². The Morgan fingerprint density at radius 1 is 0.800 bits per heavy atom. The van der Waals surface area contributed by atoms with E-state index >= 15 is 0 Å². The molecule has 1 aromatic rings. The lowest BCUT2D eigenvalue weighted by Crippen LogP contribution is -2.36. The second-order valence-corrected chi connectivity index (χ2v) is 11.6. The third-order valence-electron chi connectivity index (χ3n) is 9.15. The molecule has 0 radical (unpaired) electrons. The van der Waals surface area contributed by atoms with Crippen molar-refractivity contribution in [3.63, 3.8) is 0 Å². The fourth-order valence-corrected chi connectivity index (χ4v) is 6.69. The van der Waals surface area contributed by atoms with Gasteiger partial charge in [-0.05, 0) is 67.4 Å². The zero-order valence-corrected chi connectivity index (χ0v) is 22.9. The van der Waals surface area contributed by atoms with E-state index < -0.39 is 0 Å². The number of benzene rings is 1. The van der Waals surface area contributed by atoms with Gasteiger partial charge in [-0.2, -0.15) is 5.26 Å². The molecule has 1 atom stereocenters. The maximum absolute atomic E-state index is 10.1. The molecule has 0 aromatic heterocycles. The average molecular weight is 474 g/mol. The van der Waals surface area contributed by atoms with Crippen LogP contribution in [0.1, 0.15) is 135 Å². The second kappa shape index (κ2) is 14.7. The Balaban J connectivity index is 1.62. The van der Waals surface area contributed by atoms with Crippen molar-refractivity contribution in [2.75, 3.05) is 0 Å². The van der Waals surface area contributed by atoms with Crippen molar-refractivity contribution in [1.29, 1.82) is 5.26 Å². The van der Waals surface area contributed by atoms with Crippen LogP contribution in [0.5, 0.6) is 0 Å². The monoisotopic (exact) mass is 473 g/mol. The molecule has 1 fully saturated rings. The predicted octanol–water partition coefficient (Wildman–Crippen LogP) is 10.8. The summed E-state index contributed by atoms with van der Waals surface area (Å²) in [4.78, 5) is 0. The van der Waals surface area contributed by atoms with Crippen molar-refractivity contribution in [3.05, 3.63) is 54.1 Å². The van der Waals surface area contributed by atoms with Gasteiger partial charge in [0.2, 0.25) is 0 Å². The molecule has 1 nitrogen and oxygen atoms in total. The first-order chi connectivity index (χ1) is 17.2. The fourth-order valence-electron chi connectivity index (χ4n) is 6.69. The van der Waals surface area contributed by atoms with Gasteiger partial charge in [0.05, 0.1) is 11.5 Å². The van der Waals surface area contributed by atoms with E-state index in [1.165, 1.54) is 107 Å². The molecule has 0 aliphatic heterocycles. The Bertz CT molecular complexity index is 818. The number of hydrogen-bond donors (Lipinski definition) is 0. The first-order valence-electron chi connectivity index (χ1n) is 15.0. The van der Waals surface area contributed by atoms with Gasteiger partial charge >= 0.3 is 0 Å². The third kappa shape index (κ3) is 8.10. The Labute approximate surface area is 217 Å². The van der Waals surface area contributed by atoms with Crippen LogP contribution in [0.4, 0.5) is 0 Å². The van der Waals surface area contributed by atoms with Crippen LogP contribution < -0.4 is 0 Å². The van der Waals surface area contributed by atoms with Crippen LogP contribution in [0.2, 0.25) is 0 Å². The molecular weight excluding hydrogens is 422 g/mol. The summed E-state index contributed by atoms with van der Waals surface area (Å²) in [5, 5.41) is 10.1. The summed E-state index contributed by atoms with van der Waals surface area (Å²) in [6, 6.07) is 13.7. The molecule has 0 N–H and O–H groups in total. The molecule has 1 saturated carbocycles. The summed E-state index contributed by atoms with van der Waals surface area (Å²) in [6.07, 6.45) is 30.6. The predicted molar refractivity (Wildman–Crippen MR) is 152 cm³/mol. The highest BCUT2D eigenvalue weighted by Crippen LogP contribution is 2.53. The van der Waals surface area contributed by atoms with Gasteiger partial charge < -0.3 is 0 Å². The highest BCUT2D eigenvalue weighted by Gasteiger charge is 2.43. The van der Waals surface area contributed by atoms with Gasteiger partial charge in [-0.25, -0.2) is 0 Å². The minimum absolute atomic E-state index is 0.0481. The summed E-state index contributed by atoms with van der Waals surface area (Å²) < 4.78 is 0. The maximum Gasteiger partial charge on any atom is 0.0689 e. The average Bonchev–Trinajstić information content (AvgIpc) is 2.92. The molecule has 0 spiro atoms. The minimum Gasteiger partial charge on any atom is -0.198 e. The van der Waals surface area contributed by atoms with Crippen LogP contribution in [0.15, 0.2) is 48.6 Å². The smallest absolute Gasteiger partial charge is 0.0689 e. The lowest BCUT2D eigenvalue weighted by molar-refractivity contribution is 0.100. The van der Waals surface area contributed by atoms with Gasteiger partial charge in [-0.3, -0.25) is 0 Å². The van der Waals surface area contributed by atoms with Gasteiger partial charge in [0.15, 0.2) is 0 Å². The molecular formula is C34H51N. The van der Waals surface area contributed by atoms with E-state index in [2.05, 4.69) is 68.5 Å². The van der Waals surface area contributed by atoms with Gasteiger partial charge in [-0.1, -0.05) is 133 Å². The highest BCUT2D eigenvalue weighted by molar-refractivity contribution is 5.75. The lowest BCUT2D eigenvalue weighted by atomic mass is 9.58.